The molecule has 0 amide bonds. The zero-order valence-electron chi connectivity index (χ0n) is 25.3. The predicted molar refractivity (Wildman–Crippen MR) is 158 cm³/mol. The van der Waals surface area contributed by atoms with Crippen LogP contribution in [0.5, 0.6) is 0 Å². The highest BCUT2D eigenvalue weighted by Crippen LogP contribution is 2.13. The van der Waals surface area contributed by atoms with Crippen molar-refractivity contribution < 1.29 is 9.53 Å². The van der Waals surface area contributed by atoms with E-state index in [1.807, 2.05) is 0 Å². The van der Waals surface area contributed by atoms with Crippen molar-refractivity contribution in [1.82, 2.24) is 0 Å². The first-order valence-electron chi connectivity index (χ1n) is 16.2. The second-order valence-electron chi connectivity index (χ2n) is 11.2. The summed E-state index contributed by atoms with van der Waals surface area (Å²) in [5, 5.41) is 0. The van der Waals surface area contributed by atoms with Gasteiger partial charge in [0.05, 0.1) is 6.61 Å². The van der Waals surface area contributed by atoms with Gasteiger partial charge in [-0.15, -0.1) is 0 Å². The third kappa shape index (κ3) is 38.2. The number of hydrogen-bond acceptors (Lipinski definition) is 2. The van der Waals surface area contributed by atoms with Gasteiger partial charge < -0.3 is 4.74 Å². The Bertz CT molecular complexity index is 365. The summed E-state index contributed by atoms with van der Waals surface area (Å²) in [7, 11) is 0. The van der Waals surface area contributed by atoms with E-state index >= 15 is 0 Å². The molecule has 0 saturated heterocycles. The van der Waals surface area contributed by atoms with Crippen molar-refractivity contribution in [3.63, 3.8) is 0 Å². The van der Waals surface area contributed by atoms with Crippen LogP contribution in [0.3, 0.4) is 0 Å². The zero-order valence-corrected chi connectivity index (χ0v) is 25.3. The van der Waals surface area contributed by atoms with E-state index in [-0.39, 0.29) is 5.97 Å². The van der Waals surface area contributed by atoms with E-state index in [0.717, 1.165) is 12.8 Å². The topological polar surface area (TPSA) is 26.3 Å². The number of carbonyl (C=O) groups excluding carboxylic acids is 1. The van der Waals surface area contributed by atoms with Gasteiger partial charge in [-0.2, -0.15) is 0 Å². The Morgan fingerprint density at radius 3 is 1.06 bits per heavy atom. The largest absolute Gasteiger partial charge is 0.466 e. The number of rotatable bonds is 26. The monoisotopic (exact) mass is 497 g/mol. The van der Waals surface area contributed by atoms with Gasteiger partial charge in [-0.1, -0.05) is 176 Å². The fraction of sp³-hybridized carbons (Fsp3) is 0.970. The molecule has 0 aromatic heterocycles. The summed E-state index contributed by atoms with van der Waals surface area (Å²) in [5.41, 5.74) is 0. The maximum absolute atomic E-state index is 11.5. The second-order valence-corrected chi connectivity index (χ2v) is 11.2. The predicted octanol–water partition coefficient (Wildman–Crippen LogP) is 12.0. The lowest BCUT2D eigenvalue weighted by molar-refractivity contribution is -0.144. The summed E-state index contributed by atoms with van der Waals surface area (Å²) >= 11 is 0. The van der Waals surface area contributed by atoms with E-state index in [9.17, 15) is 4.79 Å². The summed E-state index contributed by atoms with van der Waals surface area (Å²) in [6.07, 6.45) is 33.5. The Hall–Kier alpha value is -0.530. The van der Waals surface area contributed by atoms with E-state index in [2.05, 4.69) is 34.6 Å². The average molecular weight is 497 g/mol. The highest BCUT2D eigenvalue weighted by Gasteiger charge is 2.03. The number of ether oxygens (including phenoxy) is 1. The number of carbonyl (C=O) groups is 1. The minimum absolute atomic E-state index is 0.00780. The highest BCUT2D eigenvalue weighted by molar-refractivity contribution is 5.69. The molecule has 2 heteroatoms. The van der Waals surface area contributed by atoms with Crippen LogP contribution in [0.4, 0.5) is 0 Å². The molecule has 2 nitrogen and oxygen atoms in total. The standard InChI is InChI=1S/C19H38O2.C14H30/c1-4-5-6-7-8-9-10-11-12-13-14-15-19(20)21-17-16-18(2)3;1-3-5-7-9-11-13-14-12-10-8-6-4-2/h18H,4-17H2,1-3H3;3-14H2,1-2H3. The van der Waals surface area contributed by atoms with Crippen molar-refractivity contribution in [3.8, 4) is 0 Å². The molecule has 212 valence electrons. The molecule has 0 atom stereocenters. The van der Waals surface area contributed by atoms with E-state index in [0.29, 0.717) is 18.9 Å². The van der Waals surface area contributed by atoms with Gasteiger partial charge >= 0.3 is 5.97 Å². The Morgan fingerprint density at radius 2 is 0.771 bits per heavy atom. The van der Waals surface area contributed by atoms with Crippen LogP contribution in [0.1, 0.15) is 195 Å². The molecule has 0 aliphatic rings. The summed E-state index contributed by atoms with van der Waals surface area (Å²) in [5.74, 6) is 0.603. The van der Waals surface area contributed by atoms with Gasteiger partial charge in [0.25, 0.3) is 0 Å². The molecule has 35 heavy (non-hydrogen) atoms. The van der Waals surface area contributed by atoms with E-state index < -0.39 is 0 Å². The number of hydrogen-bond donors (Lipinski definition) is 0. The van der Waals surface area contributed by atoms with Crippen LogP contribution in [0, 0.1) is 5.92 Å². The second kappa shape index (κ2) is 33.5. The van der Waals surface area contributed by atoms with Gasteiger partial charge in [-0.3, -0.25) is 4.79 Å². The quantitative estimate of drug-likeness (QED) is 0.0878. The third-order valence-electron chi connectivity index (χ3n) is 6.90. The molecule has 0 unspecified atom stereocenters. The molecule has 0 aromatic carbocycles. The van der Waals surface area contributed by atoms with Gasteiger partial charge in [0, 0.05) is 6.42 Å². The van der Waals surface area contributed by atoms with E-state index in [1.165, 1.54) is 141 Å². The minimum Gasteiger partial charge on any atom is -0.466 e. The normalized spacial score (nSPS) is 10.9. The van der Waals surface area contributed by atoms with Crippen LogP contribution in [0.15, 0.2) is 0 Å². The van der Waals surface area contributed by atoms with Gasteiger partial charge in [0.1, 0.15) is 0 Å². The lowest BCUT2D eigenvalue weighted by Gasteiger charge is -2.06. The van der Waals surface area contributed by atoms with Crippen molar-refractivity contribution in [1.29, 1.82) is 0 Å². The summed E-state index contributed by atoms with van der Waals surface area (Å²) < 4.78 is 5.21. The van der Waals surface area contributed by atoms with Crippen molar-refractivity contribution in [3.05, 3.63) is 0 Å². The number of esters is 1. The SMILES string of the molecule is CCCCCCCCCCCCCC.CCCCCCCCCCCCCC(=O)OCCC(C)C. The van der Waals surface area contributed by atoms with Crippen molar-refractivity contribution >= 4 is 5.97 Å². The van der Waals surface area contributed by atoms with Crippen molar-refractivity contribution in [2.75, 3.05) is 6.61 Å². The van der Waals surface area contributed by atoms with Crippen LogP contribution in [0.2, 0.25) is 0 Å². The van der Waals surface area contributed by atoms with E-state index in [1.54, 1.807) is 0 Å². The van der Waals surface area contributed by atoms with Gasteiger partial charge in [0.15, 0.2) is 0 Å². The van der Waals surface area contributed by atoms with Crippen LogP contribution < -0.4 is 0 Å². The molecule has 0 saturated carbocycles. The fourth-order valence-corrected chi connectivity index (χ4v) is 4.33. The molecule has 0 aromatic rings. The number of unbranched alkanes of at least 4 members (excludes halogenated alkanes) is 21. The minimum atomic E-state index is -0.00780. The molecule has 0 N–H and O–H groups in total. The van der Waals surface area contributed by atoms with Crippen LogP contribution in [0.25, 0.3) is 0 Å². The molecule has 0 bridgehead atoms. The van der Waals surface area contributed by atoms with Gasteiger partial charge in [-0.25, -0.2) is 0 Å². The highest BCUT2D eigenvalue weighted by atomic mass is 16.5. The first-order chi connectivity index (χ1) is 17.1. The Morgan fingerprint density at radius 1 is 0.486 bits per heavy atom. The Labute approximate surface area is 223 Å². The molecular formula is C33H68O2. The smallest absolute Gasteiger partial charge is 0.305 e. The van der Waals surface area contributed by atoms with Crippen LogP contribution in [-0.2, 0) is 9.53 Å². The maximum atomic E-state index is 11.5. The third-order valence-corrected chi connectivity index (χ3v) is 6.90. The van der Waals surface area contributed by atoms with Crippen molar-refractivity contribution in [2.24, 2.45) is 5.92 Å². The van der Waals surface area contributed by atoms with Gasteiger partial charge in [0.2, 0.25) is 0 Å². The molecule has 0 aliphatic heterocycles. The first-order valence-corrected chi connectivity index (χ1v) is 16.2. The zero-order chi connectivity index (χ0) is 26.2. The molecule has 0 rings (SSSR count). The molecule has 0 spiro atoms. The lowest BCUT2D eigenvalue weighted by atomic mass is 10.1. The van der Waals surface area contributed by atoms with Gasteiger partial charge in [-0.05, 0) is 18.8 Å². The molecule has 0 aliphatic carbocycles. The Balaban J connectivity index is 0. The lowest BCUT2D eigenvalue weighted by Crippen LogP contribution is -2.07. The molecular weight excluding hydrogens is 428 g/mol. The molecule has 0 heterocycles. The Kier molecular flexibility index (Phi) is 35.0. The van der Waals surface area contributed by atoms with Crippen LogP contribution >= 0.6 is 0 Å². The fourth-order valence-electron chi connectivity index (χ4n) is 4.33. The molecule has 0 fully saturated rings. The average Bonchev–Trinajstić information content (AvgIpc) is 2.84. The van der Waals surface area contributed by atoms with E-state index in [4.69, 9.17) is 4.74 Å². The molecule has 0 radical (unpaired) electrons. The summed E-state index contributed by atoms with van der Waals surface area (Å²) in [6, 6.07) is 0. The van der Waals surface area contributed by atoms with Crippen LogP contribution in [-0.4, -0.2) is 12.6 Å². The summed E-state index contributed by atoms with van der Waals surface area (Å²) in [6.45, 7) is 11.7. The summed E-state index contributed by atoms with van der Waals surface area (Å²) in [4.78, 5) is 11.5. The first kappa shape index (κ1) is 36.6. The maximum Gasteiger partial charge on any atom is 0.305 e. The van der Waals surface area contributed by atoms with Crippen molar-refractivity contribution in [2.45, 2.75) is 195 Å².